The second-order valence-corrected chi connectivity index (χ2v) is 10.9. The summed E-state index contributed by atoms with van der Waals surface area (Å²) < 4.78 is 77.0. The van der Waals surface area contributed by atoms with Gasteiger partial charge in [0.05, 0.1) is 42.9 Å². The minimum Gasteiger partial charge on any atom is -0.492 e. The third-order valence-electron chi connectivity index (χ3n) is 6.74. The van der Waals surface area contributed by atoms with Crippen molar-refractivity contribution < 1.29 is 33.1 Å². The number of alkyl halides is 2. The number of rotatable bonds is 10. The average Bonchev–Trinajstić information content (AvgIpc) is 3.77. The maximum absolute atomic E-state index is 13.2. The predicted molar refractivity (Wildman–Crippen MR) is 157 cm³/mol. The highest BCUT2D eigenvalue weighted by atomic mass is 32.1. The molecule has 1 aliphatic rings. The van der Waals surface area contributed by atoms with Crippen molar-refractivity contribution in [3.8, 4) is 17.0 Å². The molecule has 0 bridgehead atoms. The molecule has 6 rings (SSSR count). The van der Waals surface area contributed by atoms with Crippen molar-refractivity contribution in [2.75, 3.05) is 63.3 Å². The van der Waals surface area contributed by atoms with Crippen LogP contribution in [0.4, 0.5) is 25.1 Å². The number of imidazole rings is 1. The largest absolute Gasteiger partial charge is 0.492 e. The zero-order valence-electron chi connectivity index (χ0n) is 26.4. The van der Waals surface area contributed by atoms with Crippen LogP contribution in [0.3, 0.4) is 0 Å². The molecule has 2 N–H and O–H groups in total. The van der Waals surface area contributed by atoms with E-state index < -0.39 is 51.0 Å². The first-order valence-electron chi connectivity index (χ1n) is 15.3. The molecule has 10 nitrogen and oxygen atoms in total. The first-order valence-corrected chi connectivity index (χ1v) is 13.8. The second kappa shape index (κ2) is 12.0. The minimum absolute atomic E-state index is 0.0373. The van der Waals surface area contributed by atoms with Gasteiger partial charge < -0.3 is 19.3 Å². The highest BCUT2D eigenvalue weighted by Crippen LogP contribution is 2.32. The monoisotopic (exact) mass is 600 g/mol. The predicted octanol–water partition coefficient (Wildman–Crippen LogP) is 5.76. The van der Waals surface area contributed by atoms with Crippen LogP contribution in [0.15, 0.2) is 59.3 Å². The molecule has 3 aromatic heterocycles. The Balaban J connectivity index is 1.07. The summed E-state index contributed by atoms with van der Waals surface area (Å²) in [6.07, 6.45) is 1.92. The molecule has 5 aromatic rings. The number of hydrogen-bond acceptors (Lipinski definition) is 8. The zero-order valence-corrected chi connectivity index (χ0v) is 23.2. The maximum atomic E-state index is 13.2. The molecule has 0 aliphatic carbocycles. The lowest BCUT2D eigenvalue weighted by Gasteiger charge is -2.26. The molecule has 1 fully saturated rings. The van der Waals surface area contributed by atoms with E-state index in [9.17, 15) is 13.6 Å². The maximum Gasteiger partial charge on any atom is 0.326 e. The lowest BCUT2D eigenvalue weighted by molar-refractivity contribution is 0.0322. The molecule has 1 saturated heterocycles. The Morgan fingerprint density at radius 1 is 1.14 bits per heavy atom. The van der Waals surface area contributed by atoms with Gasteiger partial charge >= 0.3 is 6.03 Å². The van der Waals surface area contributed by atoms with Gasteiger partial charge in [0.2, 0.25) is 5.88 Å². The van der Waals surface area contributed by atoms with E-state index in [0.29, 0.717) is 11.4 Å². The fourth-order valence-electron chi connectivity index (χ4n) is 4.24. The van der Waals surface area contributed by atoms with Gasteiger partial charge in [0.15, 0.2) is 4.96 Å². The Hall–Kier alpha value is -4.07. The van der Waals surface area contributed by atoms with Gasteiger partial charge in [0, 0.05) is 45.8 Å². The number of thiazole rings is 1. The summed E-state index contributed by atoms with van der Waals surface area (Å²) in [4.78, 5) is 19.4. The van der Waals surface area contributed by atoms with Crippen LogP contribution < -0.4 is 15.4 Å². The third kappa shape index (κ3) is 5.94. The smallest absolute Gasteiger partial charge is 0.326 e. The Bertz CT molecular complexity index is 1820. The molecule has 13 heteroatoms. The number of benzene rings is 2. The van der Waals surface area contributed by atoms with Gasteiger partial charge in [-0.3, -0.25) is 14.6 Å². The normalized spacial score (nSPS) is 22.8. The first kappa shape index (κ1) is 23.5. The summed E-state index contributed by atoms with van der Waals surface area (Å²) in [7, 11) is 0. The number of halogens is 2. The van der Waals surface area contributed by atoms with E-state index in [2.05, 4.69) is 15.8 Å². The summed E-state index contributed by atoms with van der Waals surface area (Å²) in [6.45, 7) is -4.66. The molecular weight excluding hydrogens is 566 g/mol. The van der Waals surface area contributed by atoms with Crippen molar-refractivity contribution in [1.82, 2.24) is 19.4 Å². The summed E-state index contributed by atoms with van der Waals surface area (Å²) in [6, 6.07) is 13.4. The van der Waals surface area contributed by atoms with E-state index in [0.717, 1.165) is 26.4 Å². The molecule has 220 valence electrons. The average molecular weight is 601 g/mol. The Morgan fingerprint density at radius 2 is 1.93 bits per heavy atom. The van der Waals surface area contributed by atoms with Gasteiger partial charge in [0.25, 0.3) is 0 Å². The van der Waals surface area contributed by atoms with Gasteiger partial charge in [-0.2, -0.15) is 0 Å². The molecule has 4 atom stereocenters. The van der Waals surface area contributed by atoms with E-state index in [1.165, 1.54) is 29.2 Å². The fourth-order valence-corrected chi connectivity index (χ4v) is 5.28. The number of nitrogens with zero attached hydrogens (tertiary/aromatic N) is 4. The summed E-state index contributed by atoms with van der Waals surface area (Å²) in [5, 5.41) is 8.80. The number of fused-ring (bicyclic) bond motifs is 3. The first-order chi connectivity index (χ1) is 22.1. The fraction of sp³-hybridized carbons (Fsp3) is 0.345. The quantitative estimate of drug-likeness (QED) is 0.210. The van der Waals surface area contributed by atoms with Crippen molar-refractivity contribution in [2.24, 2.45) is 0 Å². The van der Waals surface area contributed by atoms with E-state index >= 15 is 0 Å². The van der Waals surface area contributed by atoms with E-state index in [-0.39, 0.29) is 24.7 Å². The SMILES string of the molecule is [2H]C1OC([2H])C([2H])N(CCOc2ccc3c(c2)sc2nc(-c4ccc(NC(=O)Nc5cc(C(C)(CF)CF)no5)cc4)cn23)C1[2H]. The molecule has 1 aliphatic heterocycles. The Morgan fingerprint density at radius 3 is 2.69 bits per heavy atom. The molecule has 42 heavy (non-hydrogen) atoms. The minimum atomic E-state index is -1.44. The van der Waals surface area contributed by atoms with Crippen molar-refractivity contribution in [3.63, 3.8) is 0 Å². The van der Waals surface area contributed by atoms with Crippen LogP contribution >= 0.6 is 11.3 Å². The number of nitrogens with one attached hydrogen (secondary N) is 2. The Labute approximate surface area is 249 Å². The van der Waals surface area contributed by atoms with Crippen molar-refractivity contribution in [3.05, 3.63) is 60.4 Å². The molecule has 4 heterocycles. The lowest BCUT2D eigenvalue weighted by Crippen LogP contribution is -2.38. The van der Waals surface area contributed by atoms with Gasteiger partial charge in [-0.25, -0.2) is 18.6 Å². The van der Waals surface area contributed by atoms with Crippen LogP contribution in [0.5, 0.6) is 5.75 Å². The number of aromatic nitrogens is 3. The molecule has 4 unspecified atom stereocenters. The van der Waals surface area contributed by atoms with E-state index in [1.54, 1.807) is 12.1 Å². The highest BCUT2D eigenvalue weighted by molar-refractivity contribution is 7.23. The van der Waals surface area contributed by atoms with Crippen LogP contribution in [0.2, 0.25) is 0 Å². The van der Waals surface area contributed by atoms with Crippen LogP contribution in [0.25, 0.3) is 26.4 Å². The highest BCUT2D eigenvalue weighted by Gasteiger charge is 2.31. The number of carbonyl (C=O) groups is 1. The Kier molecular flexibility index (Phi) is 6.73. The molecule has 2 amide bonds. The summed E-state index contributed by atoms with van der Waals surface area (Å²) in [5.41, 5.74) is 1.64. The second-order valence-electron chi connectivity index (χ2n) is 9.86. The molecular formula is C29H30F2N6O4S. The number of urea groups is 1. The van der Waals surface area contributed by atoms with Crippen LogP contribution in [0, 0.1) is 0 Å². The standard InChI is InChI=1S/C29H30F2N6O4S/c1-29(17-30,18-31)25-15-26(41-35-25)34-27(38)32-20-4-2-19(3-5-20)22-16-37-23-7-6-21(14-24(23)42-28(37)33-22)40-13-10-36-8-11-39-12-9-36/h2-7,14-16H,8-13,17-18H2,1H3,(H2,32,34,38)/i8D,9D,11D,12D. The molecule has 0 spiro atoms. The van der Waals surface area contributed by atoms with Gasteiger partial charge in [0.1, 0.15) is 25.7 Å². The lowest BCUT2D eigenvalue weighted by atomic mass is 9.90. The van der Waals surface area contributed by atoms with Crippen LogP contribution in [0.1, 0.15) is 18.1 Å². The number of carbonyl (C=O) groups excluding carboxylic acids is 1. The number of anilines is 2. The third-order valence-corrected chi connectivity index (χ3v) is 7.76. The number of hydrogen-bond donors (Lipinski definition) is 2. The molecule has 0 radical (unpaired) electrons. The van der Waals surface area contributed by atoms with E-state index in [1.807, 2.05) is 40.9 Å². The molecule has 2 aromatic carbocycles. The number of ether oxygens (including phenoxy) is 2. The number of morpholine rings is 1. The van der Waals surface area contributed by atoms with Gasteiger partial charge in [-0.1, -0.05) is 28.6 Å². The molecule has 0 saturated carbocycles. The van der Waals surface area contributed by atoms with Crippen molar-refractivity contribution in [1.29, 1.82) is 0 Å². The topological polar surface area (TPSA) is 106 Å². The van der Waals surface area contributed by atoms with Crippen LogP contribution in [-0.2, 0) is 10.2 Å². The van der Waals surface area contributed by atoms with Crippen LogP contribution in [-0.4, -0.2) is 78.2 Å². The number of amides is 2. The van der Waals surface area contributed by atoms with Gasteiger partial charge in [-0.05, 0) is 37.3 Å². The van der Waals surface area contributed by atoms with Crippen molar-refractivity contribution in [2.45, 2.75) is 12.3 Å². The summed E-state index contributed by atoms with van der Waals surface area (Å²) >= 11 is 1.49. The van der Waals surface area contributed by atoms with E-state index in [4.69, 9.17) is 24.5 Å². The zero-order chi connectivity index (χ0) is 32.6. The van der Waals surface area contributed by atoms with Crippen molar-refractivity contribution >= 4 is 44.1 Å². The van der Waals surface area contributed by atoms with Gasteiger partial charge in [-0.15, -0.1) is 0 Å². The summed E-state index contributed by atoms with van der Waals surface area (Å²) in [5.74, 6) is 0.581.